The number of aryl methyl sites for hydroxylation is 1. The third-order valence-corrected chi connectivity index (χ3v) is 3.81. The molecule has 0 saturated carbocycles. The van der Waals surface area contributed by atoms with Gasteiger partial charge < -0.3 is 10.1 Å². The topological polar surface area (TPSA) is 38.3 Å². The Kier molecular flexibility index (Phi) is 5.86. The van der Waals surface area contributed by atoms with Crippen LogP contribution in [0.3, 0.4) is 0 Å². The van der Waals surface area contributed by atoms with Crippen LogP contribution in [0.1, 0.15) is 31.2 Å². The van der Waals surface area contributed by atoms with Crippen LogP contribution in [0, 0.1) is 0 Å². The fraction of sp³-hybridized carbons (Fsp3) is 0.533. The Bertz CT molecular complexity index is 416. The minimum Gasteiger partial charge on any atom is -0.378 e. The number of ether oxygens (including phenoxy) is 1. The Morgan fingerprint density at radius 1 is 1.47 bits per heavy atom. The van der Waals surface area contributed by atoms with Crippen LogP contribution >= 0.6 is 15.9 Å². The molecular weight excluding hydrogens is 306 g/mol. The van der Waals surface area contributed by atoms with Gasteiger partial charge in [-0.3, -0.25) is 4.79 Å². The van der Waals surface area contributed by atoms with Crippen LogP contribution in [0.15, 0.2) is 24.3 Å². The van der Waals surface area contributed by atoms with E-state index < -0.39 is 0 Å². The standard InChI is InChI=1S/C15H20BrNO2/c16-8-2-5-12-4-1-6-13(10-12)17-15(18)11-14-7-3-9-19-14/h1,4,6,10,14H,2-3,5,7-9,11H2,(H,17,18). The SMILES string of the molecule is O=C(CC1CCCO1)Nc1cccc(CCCBr)c1. The summed E-state index contributed by atoms with van der Waals surface area (Å²) in [6.45, 7) is 0.792. The van der Waals surface area contributed by atoms with E-state index in [4.69, 9.17) is 4.74 Å². The summed E-state index contributed by atoms with van der Waals surface area (Å²) in [5, 5.41) is 3.96. The smallest absolute Gasteiger partial charge is 0.226 e. The van der Waals surface area contributed by atoms with Crippen LogP contribution in [-0.4, -0.2) is 23.9 Å². The van der Waals surface area contributed by atoms with Crippen molar-refractivity contribution in [1.82, 2.24) is 0 Å². The van der Waals surface area contributed by atoms with Crippen LogP contribution in [0.5, 0.6) is 0 Å². The third kappa shape index (κ3) is 4.96. The van der Waals surface area contributed by atoms with Gasteiger partial charge in [0, 0.05) is 17.6 Å². The van der Waals surface area contributed by atoms with Gasteiger partial charge in [-0.2, -0.15) is 0 Å². The summed E-state index contributed by atoms with van der Waals surface area (Å²) < 4.78 is 5.47. The summed E-state index contributed by atoms with van der Waals surface area (Å²) in [6, 6.07) is 8.07. The Morgan fingerprint density at radius 3 is 3.11 bits per heavy atom. The number of carbonyl (C=O) groups is 1. The van der Waals surface area contributed by atoms with Gasteiger partial charge in [0.05, 0.1) is 12.5 Å². The van der Waals surface area contributed by atoms with Crippen LogP contribution in [-0.2, 0) is 16.0 Å². The Labute approximate surface area is 122 Å². The second kappa shape index (κ2) is 7.65. The molecule has 1 amide bonds. The molecule has 2 rings (SSSR count). The van der Waals surface area contributed by atoms with E-state index in [2.05, 4.69) is 33.4 Å². The van der Waals surface area contributed by atoms with E-state index in [1.165, 1.54) is 5.56 Å². The van der Waals surface area contributed by atoms with E-state index >= 15 is 0 Å². The minimum atomic E-state index is 0.0459. The van der Waals surface area contributed by atoms with Crippen molar-refractivity contribution in [2.24, 2.45) is 0 Å². The van der Waals surface area contributed by atoms with Crippen molar-refractivity contribution in [3.63, 3.8) is 0 Å². The lowest BCUT2D eigenvalue weighted by Crippen LogP contribution is -2.19. The zero-order valence-electron chi connectivity index (χ0n) is 11.0. The van der Waals surface area contributed by atoms with Crippen molar-refractivity contribution in [3.05, 3.63) is 29.8 Å². The molecular formula is C15H20BrNO2. The van der Waals surface area contributed by atoms with Gasteiger partial charge in [-0.05, 0) is 43.4 Å². The number of alkyl halides is 1. The van der Waals surface area contributed by atoms with Gasteiger partial charge in [0.15, 0.2) is 0 Å². The van der Waals surface area contributed by atoms with Gasteiger partial charge in [0.25, 0.3) is 0 Å². The molecule has 0 spiro atoms. The second-order valence-corrected chi connectivity index (χ2v) is 5.67. The molecule has 1 saturated heterocycles. The number of nitrogens with one attached hydrogen (secondary N) is 1. The monoisotopic (exact) mass is 325 g/mol. The number of carbonyl (C=O) groups excluding carboxylic acids is 1. The molecule has 0 bridgehead atoms. The number of rotatable bonds is 6. The Morgan fingerprint density at radius 2 is 2.37 bits per heavy atom. The van der Waals surface area contributed by atoms with E-state index in [9.17, 15) is 4.79 Å². The van der Waals surface area contributed by atoms with Crippen LogP contribution in [0.4, 0.5) is 5.69 Å². The van der Waals surface area contributed by atoms with Gasteiger partial charge in [-0.1, -0.05) is 28.1 Å². The number of halogens is 1. The molecule has 4 heteroatoms. The van der Waals surface area contributed by atoms with Gasteiger partial charge in [-0.25, -0.2) is 0 Å². The average Bonchev–Trinajstić information content (AvgIpc) is 2.89. The lowest BCUT2D eigenvalue weighted by molar-refractivity contribution is -0.118. The number of amides is 1. The summed E-state index contributed by atoms with van der Waals surface area (Å²) in [7, 11) is 0. The van der Waals surface area contributed by atoms with Crippen molar-refractivity contribution >= 4 is 27.5 Å². The first-order valence-electron chi connectivity index (χ1n) is 6.84. The molecule has 104 valence electrons. The molecule has 1 aromatic carbocycles. The summed E-state index contributed by atoms with van der Waals surface area (Å²) in [6.07, 6.45) is 4.77. The minimum absolute atomic E-state index is 0.0459. The molecule has 1 unspecified atom stereocenters. The van der Waals surface area contributed by atoms with E-state index in [-0.39, 0.29) is 12.0 Å². The number of anilines is 1. The molecule has 3 nitrogen and oxygen atoms in total. The highest BCUT2D eigenvalue weighted by Crippen LogP contribution is 2.17. The third-order valence-electron chi connectivity index (χ3n) is 3.25. The molecule has 1 aliphatic rings. The molecule has 19 heavy (non-hydrogen) atoms. The fourth-order valence-corrected chi connectivity index (χ4v) is 2.58. The van der Waals surface area contributed by atoms with Crippen LogP contribution in [0.2, 0.25) is 0 Å². The maximum Gasteiger partial charge on any atom is 0.226 e. The highest BCUT2D eigenvalue weighted by Gasteiger charge is 2.18. The van der Waals surface area contributed by atoms with Gasteiger partial charge in [-0.15, -0.1) is 0 Å². The lowest BCUT2D eigenvalue weighted by Gasteiger charge is -2.10. The van der Waals surface area contributed by atoms with Crippen molar-refractivity contribution in [2.45, 2.75) is 38.2 Å². The molecule has 0 aromatic heterocycles. The average molecular weight is 326 g/mol. The molecule has 1 aliphatic heterocycles. The van der Waals surface area contributed by atoms with E-state index in [0.29, 0.717) is 6.42 Å². The number of hydrogen-bond donors (Lipinski definition) is 1. The zero-order chi connectivity index (χ0) is 13.5. The highest BCUT2D eigenvalue weighted by molar-refractivity contribution is 9.09. The molecule has 0 aliphatic carbocycles. The van der Waals surface area contributed by atoms with E-state index in [1.807, 2.05) is 12.1 Å². The van der Waals surface area contributed by atoms with E-state index in [0.717, 1.165) is 43.3 Å². The van der Waals surface area contributed by atoms with E-state index in [1.54, 1.807) is 0 Å². The maximum absolute atomic E-state index is 11.9. The zero-order valence-corrected chi connectivity index (χ0v) is 12.6. The molecule has 1 N–H and O–H groups in total. The summed E-state index contributed by atoms with van der Waals surface area (Å²) in [4.78, 5) is 11.9. The molecule has 1 fully saturated rings. The van der Waals surface area contributed by atoms with Crippen molar-refractivity contribution < 1.29 is 9.53 Å². The van der Waals surface area contributed by atoms with Crippen molar-refractivity contribution in [2.75, 3.05) is 17.3 Å². The molecule has 1 aromatic rings. The van der Waals surface area contributed by atoms with Gasteiger partial charge >= 0.3 is 0 Å². The van der Waals surface area contributed by atoms with Crippen LogP contribution < -0.4 is 5.32 Å². The molecule has 1 atom stereocenters. The Hall–Kier alpha value is -0.870. The van der Waals surface area contributed by atoms with Crippen molar-refractivity contribution in [3.8, 4) is 0 Å². The normalized spacial score (nSPS) is 18.5. The predicted molar refractivity (Wildman–Crippen MR) is 80.8 cm³/mol. The Balaban J connectivity index is 1.85. The second-order valence-electron chi connectivity index (χ2n) is 4.88. The fourth-order valence-electron chi connectivity index (χ4n) is 2.30. The van der Waals surface area contributed by atoms with Gasteiger partial charge in [0.1, 0.15) is 0 Å². The highest BCUT2D eigenvalue weighted by atomic mass is 79.9. The summed E-state index contributed by atoms with van der Waals surface area (Å²) >= 11 is 3.43. The first kappa shape index (κ1) is 14.5. The van der Waals surface area contributed by atoms with Crippen LogP contribution in [0.25, 0.3) is 0 Å². The summed E-state index contributed by atoms with van der Waals surface area (Å²) in [5.74, 6) is 0.0459. The lowest BCUT2D eigenvalue weighted by atomic mass is 10.1. The first-order valence-corrected chi connectivity index (χ1v) is 7.96. The molecule has 1 heterocycles. The first-order chi connectivity index (χ1) is 9.28. The van der Waals surface area contributed by atoms with Crippen molar-refractivity contribution in [1.29, 1.82) is 0 Å². The summed E-state index contributed by atoms with van der Waals surface area (Å²) in [5.41, 5.74) is 2.14. The predicted octanol–water partition coefficient (Wildman–Crippen LogP) is 3.52. The quantitative estimate of drug-likeness (QED) is 0.812. The maximum atomic E-state index is 11.9. The number of hydrogen-bond acceptors (Lipinski definition) is 2. The number of benzene rings is 1. The van der Waals surface area contributed by atoms with Gasteiger partial charge in [0.2, 0.25) is 5.91 Å². The molecule has 0 radical (unpaired) electrons. The largest absolute Gasteiger partial charge is 0.378 e.